The molecular weight excluding hydrogens is 270 g/mol. The molecule has 2 aliphatic rings. The number of hydrogen-bond donors (Lipinski definition) is 2. The van der Waals surface area contributed by atoms with Crippen LogP contribution in [-0.4, -0.2) is 27.3 Å². The van der Waals surface area contributed by atoms with E-state index in [2.05, 4.69) is 15.5 Å². The smallest absolute Gasteiger partial charge is 0.308 e. The van der Waals surface area contributed by atoms with Crippen molar-refractivity contribution >= 4 is 5.97 Å². The molecule has 0 saturated heterocycles. The van der Waals surface area contributed by atoms with Crippen molar-refractivity contribution in [2.45, 2.75) is 58.0 Å². The van der Waals surface area contributed by atoms with Gasteiger partial charge in [-0.05, 0) is 31.1 Å². The Balaban J connectivity index is 1.65. The van der Waals surface area contributed by atoms with Crippen LogP contribution in [0.3, 0.4) is 0 Å². The molecule has 0 amide bonds. The third-order valence-electron chi connectivity index (χ3n) is 4.83. The van der Waals surface area contributed by atoms with Gasteiger partial charge in [0.15, 0.2) is 5.82 Å². The average Bonchev–Trinajstić information content (AvgIpc) is 3.09. The fraction of sp³-hybridized carbons (Fsp3) is 0.800. The highest BCUT2D eigenvalue weighted by molar-refractivity contribution is 5.72. The molecule has 116 valence electrons. The van der Waals surface area contributed by atoms with Crippen LogP contribution in [0.5, 0.6) is 0 Å². The lowest BCUT2D eigenvalue weighted by Crippen LogP contribution is -2.43. The molecule has 3 rings (SSSR count). The lowest BCUT2D eigenvalue weighted by Gasteiger charge is -2.28. The number of hydrogen-bond acceptors (Lipinski definition) is 5. The summed E-state index contributed by atoms with van der Waals surface area (Å²) in [4.78, 5) is 15.8. The standard InChI is InChI=1S/C15H23N3O3/c1-15(2,3)14-17-10(21-18-14)7-16-12-9-5-4-8(6-9)11(12)13(19)20/h8-9,11-12,16H,4-7H2,1-3H3,(H,19,20). The minimum atomic E-state index is -0.680. The molecule has 2 fully saturated rings. The predicted octanol–water partition coefficient (Wildman–Crippen LogP) is 1.96. The van der Waals surface area contributed by atoms with Crippen molar-refractivity contribution in [3.8, 4) is 0 Å². The average molecular weight is 293 g/mol. The third kappa shape index (κ3) is 2.69. The summed E-state index contributed by atoms with van der Waals surface area (Å²) in [5.41, 5.74) is -0.141. The SMILES string of the molecule is CC(C)(C)c1noc(CNC2C3CCC(C3)C2C(=O)O)n1. The molecule has 0 radical (unpaired) electrons. The van der Waals surface area contributed by atoms with E-state index in [1.54, 1.807) is 0 Å². The second-order valence-electron chi connectivity index (χ2n) is 7.37. The van der Waals surface area contributed by atoms with Crippen molar-refractivity contribution in [3.05, 3.63) is 11.7 Å². The zero-order valence-corrected chi connectivity index (χ0v) is 12.8. The number of nitrogens with one attached hydrogen (secondary N) is 1. The Hall–Kier alpha value is -1.43. The van der Waals surface area contributed by atoms with E-state index >= 15 is 0 Å². The Morgan fingerprint density at radius 3 is 2.71 bits per heavy atom. The van der Waals surface area contributed by atoms with Crippen LogP contribution in [0.4, 0.5) is 0 Å². The van der Waals surface area contributed by atoms with E-state index in [0.717, 1.165) is 19.3 Å². The summed E-state index contributed by atoms with van der Waals surface area (Å²) >= 11 is 0. The van der Waals surface area contributed by atoms with Gasteiger partial charge in [0, 0.05) is 11.5 Å². The zero-order valence-electron chi connectivity index (χ0n) is 12.8. The molecule has 0 aliphatic heterocycles. The molecule has 21 heavy (non-hydrogen) atoms. The Bertz CT molecular complexity index is 535. The molecule has 6 heteroatoms. The maximum absolute atomic E-state index is 11.5. The Labute approximate surface area is 124 Å². The van der Waals surface area contributed by atoms with E-state index in [-0.39, 0.29) is 17.4 Å². The molecule has 1 aromatic rings. The predicted molar refractivity (Wildman–Crippen MR) is 75.6 cm³/mol. The fourth-order valence-corrected chi connectivity index (χ4v) is 3.78. The number of aromatic nitrogens is 2. The van der Waals surface area contributed by atoms with Crippen LogP contribution in [0.25, 0.3) is 0 Å². The van der Waals surface area contributed by atoms with Crippen LogP contribution in [-0.2, 0) is 16.8 Å². The minimum Gasteiger partial charge on any atom is -0.481 e. The van der Waals surface area contributed by atoms with Crippen molar-refractivity contribution in [1.29, 1.82) is 0 Å². The molecule has 2 bridgehead atoms. The summed E-state index contributed by atoms with van der Waals surface area (Å²) in [5.74, 6) is 1.07. The molecule has 2 saturated carbocycles. The van der Waals surface area contributed by atoms with Gasteiger partial charge in [0.1, 0.15) is 0 Å². The summed E-state index contributed by atoms with van der Waals surface area (Å²) in [7, 11) is 0. The van der Waals surface area contributed by atoms with Gasteiger partial charge in [0.2, 0.25) is 5.89 Å². The molecule has 6 nitrogen and oxygen atoms in total. The lowest BCUT2D eigenvalue weighted by atomic mass is 9.84. The van der Waals surface area contributed by atoms with Gasteiger partial charge in [0.05, 0.1) is 12.5 Å². The van der Waals surface area contributed by atoms with Gasteiger partial charge in [-0.2, -0.15) is 4.98 Å². The number of rotatable bonds is 4. The zero-order chi connectivity index (χ0) is 15.2. The number of carboxylic acid groups (broad SMARTS) is 1. The topological polar surface area (TPSA) is 88.2 Å². The Kier molecular flexibility index (Phi) is 3.51. The highest BCUT2D eigenvalue weighted by atomic mass is 16.5. The van der Waals surface area contributed by atoms with E-state index in [1.165, 1.54) is 0 Å². The van der Waals surface area contributed by atoms with Gasteiger partial charge in [0.25, 0.3) is 0 Å². The summed E-state index contributed by atoms with van der Waals surface area (Å²) in [5, 5.41) is 16.8. The van der Waals surface area contributed by atoms with Gasteiger partial charge in [-0.15, -0.1) is 0 Å². The summed E-state index contributed by atoms with van der Waals surface area (Å²) in [6.07, 6.45) is 3.21. The quantitative estimate of drug-likeness (QED) is 0.882. The first-order valence-corrected chi connectivity index (χ1v) is 7.65. The molecule has 1 aromatic heterocycles. The first-order chi connectivity index (χ1) is 9.86. The maximum atomic E-state index is 11.5. The van der Waals surface area contributed by atoms with Gasteiger partial charge in [-0.3, -0.25) is 4.79 Å². The van der Waals surface area contributed by atoms with Gasteiger partial charge >= 0.3 is 5.97 Å². The Morgan fingerprint density at radius 1 is 1.38 bits per heavy atom. The van der Waals surface area contributed by atoms with Crippen molar-refractivity contribution in [2.24, 2.45) is 17.8 Å². The Morgan fingerprint density at radius 2 is 2.10 bits per heavy atom. The second kappa shape index (κ2) is 5.09. The summed E-state index contributed by atoms with van der Waals surface area (Å²) < 4.78 is 5.26. The molecule has 2 aliphatic carbocycles. The van der Waals surface area contributed by atoms with Crippen LogP contribution in [0.2, 0.25) is 0 Å². The van der Waals surface area contributed by atoms with E-state index in [4.69, 9.17) is 4.52 Å². The first kappa shape index (κ1) is 14.5. The normalized spacial score (nSPS) is 31.8. The minimum absolute atomic E-state index is 0.0336. The molecule has 2 N–H and O–H groups in total. The number of carbonyl (C=O) groups is 1. The molecule has 4 atom stereocenters. The van der Waals surface area contributed by atoms with Crippen LogP contribution >= 0.6 is 0 Å². The number of nitrogens with zero attached hydrogens (tertiary/aromatic N) is 2. The second-order valence-corrected chi connectivity index (χ2v) is 7.37. The first-order valence-electron chi connectivity index (χ1n) is 7.65. The van der Waals surface area contributed by atoms with Crippen molar-refractivity contribution in [1.82, 2.24) is 15.5 Å². The summed E-state index contributed by atoms with van der Waals surface area (Å²) in [6, 6.07) is 0.0336. The van der Waals surface area contributed by atoms with Gasteiger partial charge in [-0.1, -0.05) is 25.9 Å². The molecule has 4 unspecified atom stereocenters. The third-order valence-corrected chi connectivity index (χ3v) is 4.83. The van der Waals surface area contributed by atoms with Crippen LogP contribution < -0.4 is 5.32 Å². The van der Waals surface area contributed by atoms with Gasteiger partial charge < -0.3 is 14.9 Å². The van der Waals surface area contributed by atoms with Crippen molar-refractivity contribution in [2.75, 3.05) is 0 Å². The lowest BCUT2D eigenvalue weighted by molar-refractivity contribution is -0.144. The van der Waals surface area contributed by atoms with Crippen molar-refractivity contribution in [3.63, 3.8) is 0 Å². The van der Waals surface area contributed by atoms with Crippen LogP contribution in [0, 0.1) is 17.8 Å². The molecule has 0 aromatic carbocycles. The number of aliphatic carboxylic acids is 1. The maximum Gasteiger partial charge on any atom is 0.308 e. The van der Waals surface area contributed by atoms with E-state index < -0.39 is 5.97 Å². The van der Waals surface area contributed by atoms with Crippen LogP contribution in [0.15, 0.2) is 4.52 Å². The van der Waals surface area contributed by atoms with Gasteiger partial charge in [-0.25, -0.2) is 0 Å². The van der Waals surface area contributed by atoms with Crippen molar-refractivity contribution < 1.29 is 14.4 Å². The fourth-order valence-electron chi connectivity index (χ4n) is 3.78. The summed E-state index contributed by atoms with van der Waals surface area (Å²) in [6.45, 7) is 6.54. The number of fused-ring (bicyclic) bond motifs is 2. The van der Waals surface area contributed by atoms with E-state index in [0.29, 0.717) is 30.1 Å². The van der Waals surface area contributed by atoms with E-state index in [9.17, 15) is 9.90 Å². The largest absolute Gasteiger partial charge is 0.481 e. The highest BCUT2D eigenvalue weighted by Gasteiger charge is 2.50. The highest BCUT2D eigenvalue weighted by Crippen LogP contribution is 2.48. The number of carboxylic acids is 1. The van der Waals surface area contributed by atoms with E-state index in [1.807, 2.05) is 20.8 Å². The monoisotopic (exact) mass is 293 g/mol. The molecule has 0 spiro atoms. The molecule has 1 heterocycles. The molecular formula is C15H23N3O3. The van der Waals surface area contributed by atoms with Crippen LogP contribution in [0.1, 0.15) is 51.7 Å².